The zero-order valence-corrected chi connectivity index (χ0v) is 24.8. The van der Waals surface area contributed by atoms with Crippen LogP contribution in [0.4, 0.5) is 5.69 Å². The van der Waals surface area contributed by atoms with E-state index in [0.29, 0.717) is 36.8 Å². The third-order valence-corrected chi connectivity index (χ3v) is 10.8. The van der Waals surface area contributed by atoms with Gasteiger partial charge in [-0.25, -0.2) is 13.1 Å². The fourth-order valence-corrected chi connectivity index (χ4v) is 7.36. The van der Waals surface area contributed by atoms with Crippen LogP contribution in [0.1, 0.15) is 73.9 Å². The maximum absolute atomic E-state index is 13.2. The normalized spacial score (nSPS) is 29.9. The molecule has 7 nitrogen and oxygen atoms in total. The molecule has 4 atom stereocenters. The van der Waals surface area contributed by atoms with Crippen LogP contribution in [0.2, 0.25) is 5.02 Å². The summed E-state index contributed by atoms with van der Waals surface area (Å²) in [5, 5.41) is 11.3. The summed E-state index contributed by atoms with van der Waals surface area (Å²) in [4.78, 5) is 15.4. The molecule has 0 saturated heterocycles. The second-order valence-corrected chi connectivity index (χ2v) is 14.3. The van der Waals surface area contributed by atoms with E-state index in [2.05, 4.69) is 9.62 Å². The number of fused-ring (bicyclic) bond motifs is 3. The molecular formula is C31H39ClN2O5S. The van der Waals surface area contributed by atoms with E-state index >= 15 is 0 Å². The molecule has 2 aliphatic heterocycles. The lowest BCUT2D eigenvalue weighted by molar-refractivity contribution is -0.0312. The average Bonchev–Trinajstić information content (AvgIpc) is 2.91. The zero-order valence-electron chi connectivity index (χ0n) is 23.2. The molecule has 2 heterocycles. The minimum atomic E-state index is -3.88. The highest BCUT2D eigenvalue weighted by atomic mass is 35.5. The fraction of sp³-hybridized carbons (Fsp3) is 0.516. The van der Waals surface area contributed by atoms with Crippen LogP contribution in [-0.4, -0.2) is 43.4 Å². The lowest BCUT2D eigenvalue weighted by Crippen LogP contribution is -2.48. The molecule has 2 aromatic carbocycles. The number of nitrogens with zero attached hydrogens (tertiary/aromatic N) is 1. The fourth-order valence-electron chi connectivity index (χ4n) is 6.14. The molecule has 2 N–H and O–H groups in total. The quantitative estimate of drug-likeness (QED) is 0.388. The summed E-state index contributed by atoms with van der Waals surface area (Å²) in [7, 11) is -3.88. The van der Waals surface area contributed by atoms with Gasteiger partial charge in [0.15, 0.2) is 0 Å². The molecule has 2 aromatic rings. The highest BCUT2D eigenvalue weighted by molar-refractivity contribution is 7.90. The Morgan fingerprint density at radius 3 is 2.70 bits per heavy atom. The number of rotatable bonds is 0. The number of carbonyl (C=O) groups is 1. The van der Waals surface area contributed by atoms with Gasteiger partial charge in [-0.05, 0) is 112 Å². The monoisotopic (exact) mass is 586 g/mol. The molecule has 1 fully saturated rings. The van der Waals surface area contributed by atoms with Crippen LogP contribution >= 0.6 is 11.6 Å². The zero-order chi connectivity index (χ0) is 28.5. The molecule has 9 heteroatoms. The van der Waals surface area contributed by atoms with Crippen molar-refractivity contribution in [2.75, 3.05) is 18.0 Å². The first-order valence-corrected chi connectivity index (χ1v) is 16.2. The van der Waals surface area contributed by atoms with Gasteiger partial charge in [-0.2, -0.15) is 0 Å². The molecular weight excluding hydrogens is 548 g/mol. The smallest absolute Gasteiger partial charge is 0.264 e. The topological polar surface area (TPSA) is 95.9 Å². The Bertz CT molecular complexity index is 1390. The first-order chi connectivity index (χ1) is 19.0. The molecule has 40 heavy (non-hydrogen) atoms. The van der Waals surface area contributed by atoms with Gasteiger partial charge in [0.25, 0.3) is 5.91 Å². The minimum absolute atomic E-state index is 0.0956. The number of allylic oxidation sites excluding steroid dienone is 1. The number of nitrogens with one attached hydrogen (secondary N) is 1. The molecule has 0 aromatic heterocycles. The van der Waals surface area contributed by atoms with E-state index in [1.807, 2.05) is 37.3 Å². The number of halogens is 1. The number of amides is 1. The predicted octanol–water partition coefficient (Wildman–Crippen LogP) is 5.64. The van der Waals surface area contributed by atoms with Crippen molar-refractivity contribution >= 4 is 33.2 Å². The van der Waals surface area contributed by atoms with Crippen LogP contribution in [0.5, 0.6) is 5.75 Å². The van der Waals surface area contributed by atoms with E-state index in [4.69, 9.17) is 16.3 Å². The predicted molar refractivity (Wildman–Crippen MR) is 158 cm³/mol. The number of hydrogen-bond donors (Lipinski definition) is 2. The number of carbonyl (C=O) groups excluding carboxylic acids is 1. The second-order valence-electron chi connectivity index (χ2n) is 11.7. The summed E-state index contributed by atoms with van der Waals surface area (Å²) in [5.41, 5.74) is 2.30. The van der Waals surface area contributed by atoms with Crippen molar-refractivity contribution in [3.05, 3.63) is 70.3 Å². The van der Waals surface area contributed by atoms with Gasteiger partial charge in [-0.1, -0.05) is 29.8 Å². The van der Waals surface area contributed by atoms with Crippen molar-refractivity contribution in [2.45, 2.75) is 76.3 Å². The highest BCUT2D eigenvalue weighted by Crippen LogP contribution is 2.44. The number of anilines is 1. The second kappa shape index (κ2) is 11.7. The summed E-state index contributed by atoms with van der Waals surface area (Å²) in [6.07, 6.45) is 9.27. The molecule has 0 radical (unpaired) electrons. The first-order valence-electron chi connectivity index (χ1n) is 14.3. The lowest BCUT2D eigenvalue weighted by Gasteiger charge is -2.47. The van der Waals surface area contributed by atoms with Gasteiger partial charge < -0.3 is 14.7 Å². The third-order valence-electron chi connectivity index (χ3n) is 8.82. The molecule has 216 valence electrons. The van der Waals surface area contributed by atoms with Gasteiger partial charge in [0.2, 0.25) is 10.0 Å². The van der Waals surface area contributed by atoms with Crippen molar-refractivity contribution in [3.63, 3.8) is 0 Å². The third kappa shape index (κ3) is 6.34. The highest BCUT2D eigenvalue weighted by Gasteiger charge is 2.43. The van der Waals surface area contributed by atoms with E-state index in [1.54, 1.807) is 25.1 Å². The number of sulfonamides is 1. The van der Waals surface area contributed by atoms with Crippen molar-refractivity contribution in [2.24, 2.45) is 11.8 Å². The van der Waals surface area contributed by atoms with Gasteiger partial charge >= 0.3 is 0 Å². The van der Waals surface area contributed by atoms with E-state index in [9.17, 15) is 18.3 Å². The van der Waals surface area contributed by atoms with Crippen molar-refractivity contribution in [3.8, 4) is 5.75 Å². The Morgan fingerprint density at radius 2 is 1.93 bits per heavy atom. The number of aryl methyl sites for hydroxylation is 1. The van der Waals surface area contributed by atoms with Crippen LogP contribution in [0.3, 0.4) is 0 Å². The van der Waals surface area contributed by atoms with Crippen LogP contribution in [0.15, 0.2) is 48.6 Å². The molecule has 1 saturated carbocycles. The summed E-state index contributed by atoms with van der Waals surface area (Å²) < 4.78 is 34.5. The lowest BCUT2D eigenvalue weighted by atomic mass is 9.65. The van der Waals surface area contributed by atoms with Crippen molar-refractivity contribution in [1.82, 2.24) is 4.72 Å². The summed E-state index contributed by atoms with van der Waals surface area (Å²) >= 11 is 6.29. The molecule has 3 aliphatic rings. The minimum Gasteiger partial charge on any atom is -0.487 e. The Hall–Kier alpha value is -2.55. The Labute approximate surface area is 242 Å². The molecule has 1 aliphatic carbocycles. The summed E-state index contributed by atoms with van der Waals surface area (Å²) in [6.45, 7) is 5.27. The van der Waals surface area contributed by atoms with Gasteiger partial charge in [0, 0.05) is 23.7 Å². The van der Waals surface area contributed by atoms with Crippen molar-refractivity contribution < 1.29 is 23.1 Å². The average molecular weight is 587 g/mol. The van der Waals surface area contributed by atoms with Crippen LogP contribution in [0.25, 0.3) is 0 Å². The van der Waals surface area contributed by atoms with E-state index in [0.717, 1.165) is 49.9 Å². The van der Waals surface area contributed by atoms with Crippen LogP contribution < -0.4 is 14.4 Å². The Morgan fingerprint density at radius 1 is 1.10 bits per heavy atom. The van der Waals surface area contributed by atoms with Gasteiger partial charge in [0.1, 0.15) is 12.4 Å². The maximum atomic E-state index is 13.2. The maximum Gasteiger partial charge on any atom is 0.264 e. The van der Waals surface area contributed by atoms with Crippen molar-refractivity contribution in [1.29, 1.82) is 0 Å². The molecule has 0 spiro atoms. The molecule has 2 bridgehead atoms. The number of aliphatic hydroxyl groups is 1. The standard InChI is InChI=1S/C31H39ClN2O5S/c1-21-7-3-5-15-31(2,36)27-13-10-24(27)19-34-16-6-4-8-22-17-26(32)12-9-25(22)20-39-29-14-11-23(18-28(29)34)30(35)33-40(21,37)38/h5,9,11-12,14-15,17-18,21,24,27,36H,3-4,6-8,10,13,16,19-20H2,1-2H3,(H,33,35)/b15-5+/t21-,24-,27+,31-/m0/s1. The first kappa shape index (κ1) is 29.0. The van der Waals surface area contributed by atoms with Gasteiger partial charge in [0.05, 0.1) is 16.5 Å². The number of ether oxygens (including phenoxy) is 1. The van der Waals surface area contributed by atoms with Crippen LogP contribution in [0, 0.1) is 11.8 Å². The van der Waals surface area contributed by atoms with E-state index in [1.165, 1.54) is 5.56 Å². The van der Waals surface area contributed by atoms with Crippen LogP contribution in [-0.2, 0) is 23.1 Å². The summed E-state index contributed by atoms with van der Waals surface area (Å²) in [6, 6.07) is 11.0. The SMILES string of the molecule is C[C@H]1CC/C=C/[C@](C)(O)[C@@H]2CC[C@H]2CN2CCCCc3cc(Cl)ccc3COc3ccc(cc32)C(=O)NS1(=O)=O. The number of hydrogen-bond acceptors (Lipinski definition) is 6. The Kier molecular flexibility index (Phi) is 8.50. The molecule has 1 amide bonds. The Balaban J connectivity index is 1.55. The molecule has 0 unspecified atom stereocenters. The molecule has 5 rings (SSSR count). The van der Waals surface area contributed by atoms with Gasteiger partial charge in [-0.15, -0.1) is 0 Å². The number of benzene rings is 2. The van der Waals surface area contributed by atoms with E-state index < -0.39 is 26.8 Å². The van der Waals surface area contributed by atoms with Gasteiger partial charge in [-0.3, -0.25) is 4.79 Å². The van der Waals surface area contributed by atoms with E-state index in [-0.39, 0.29) is 17.4 Å². The summed E-state index contributed by atoms with van der Waals surface area (Å²) in [5.74, 6) is 0.367. The largest absolute Gasteiger partial charge is 0.487 e.